The van der Waals surface area contributed by atoms with Gasteiger partial charge in [-0.05, 0) is 69.0 Å². The van der Waals surface area contributed by atoms with Crippen LogP contribution in [-0.2, 0) is 11.8 Å². The first-order chi connectivity index (χ1) is 18.9. The molecule has 0 unspecified atom stereocenters. The van der Waals surface area contributed by atoms with Gasteiger partial charge in [0, 0.05) is 37.5 Å². The summed E-state index contributed by atoms with van der Waals surface area (Å²) in [6.45, 7) is 1.33. The maximum absolute atomic E-state index is 13.0. The van der Waals surface area contributed by atoms with Crippen molar-refractivity contribution in [2.75, 3.05) is 37.4 Å². The van der Waals surface area contributed by atoms with Gasteiger partial charge in [0.1, 0.15) is 29.2 Å². The molecule has 0 radical (unpaired) electrons. The van der Waals surface area contributed by atoms with Crippen LogP contribution in [0, 0.1) is 0 Å². The van der Waals surface area contributed by atoms with Crippen molar-refractivity contribution in [3.8, 4) is 11.5 Å². The van der Waals surface area contributed by atoms with Crippen LogP contribution < -0.4 is 15.0 Å². The molecule has 0 atom stereocenters. The standard InChI is InChI=1S/C29H28N8O2/c1-35(2)14-12-19-13-15-37(29(19)38)26-11-9-23-27(34-26)28(31-17-30-23)33-20-4-6-21(7-5-20)39-22-8-10-25-24(16-22)32-18-36(25)3/h4-12,16-18H,13-15H2,1-3H3,(H,30,31,33)/b19-12+. The molecular weight excluding hydrogens is 492 g/mol. The van der Waals surface area contributed by atoms with E-state index in [0.717, 1.165) is 34.6 Å². The topological polar surface area (TPSA) is 101 Å². The van der Waals surface area contributed by atoms with Crippen LogP contribution in [0.15, 0.2) is 78.9 Å². The molecule has 10 heteroatoms. The van der Waals surface area contributed by atoms with Gasteiger partial charge in [0.05, 0.1) is 22.9 Å². The van der Waals surface area contributed by atoms with E-state index in [0.29, 0.717) is 41.4 Å². The first-order valence-electron chi connectivity index (χ1n) is 12.7. The van der Waals surface area contributed by atoms with Gasteiger partial charge in [0.2, 0.25) is 0 Å². The number of aromatic nitrogens is 5. The van der Waals surface area contributed by atoms with Gasteiger partial charge in [-0.25, -0.2) is 19.9 Å². The Kier molecular flexibility index (Phi) is 6.37. The number of carbonyl (C=O) groups is 1. The molecular formula is C29H28N8O2. The fourth-order valence-electron chi connectivity index (χ4n) is 4.55. The Bertz CT molecular complexity index is 1710. The molecule has 1 saturated heterocycles. The summed E-state index contributed by atoms with van der Waals surface area (Å²) >= 11 is 0. The monoisotopic (exact) mass is 520 g/mol. The first-order valence-corrected chi connectivity index (χ1v) is 12.7. The molecule has 196 valence electrons. The largest absolute Gasteiger partial charge is 0.457 e. The van der Waals surface area contributed by atoms with Gasteiger partial charge in [-0.3, -0.25) is 9.69 Å². The van der Waals surface area contributed by atoms with E-state index >= 15 is 0 Å². The number of imidazole rings is 1. The van der Waals surface area contributed by atoms with Crippen LogP contribution in [0.3, 0.4) is 0 Å². The summed E-state index contributed by atoms with van der Waals surface area (Å²) < 4.78 is 8.00. The minimum atomic E-state index is -0.00663. The predicted octanol–water partition coefficient (Wildman–Crippen LogP) is 4.67. The van der Waals surface area contributed by atoms with Crippen molar-refractivity contribution in [1.29, 1.82) is 0 Å². The molecule has 1 fully saturated rings. The highest BCUT2D eigenvalue weighted by Crippen LogP contribution is 2.30. The molecule has 0 saturated carbocycles. The molecule has 4 heterocycles. The molecule has 6 rings (SSSR count). The number of hydrogen-bond donors (Lipinski definition) is 1. The molecule has 1 aliphatic heterocycles. The second kappa shape index (κ2) is 10.1. The number of amides is 1. The number of pyridine rings is 1. The average Bonchev–Trinajstić information content (AvgIpc) is 3.50. The normalized spacial score (nSPS) is 14.7. The number of rotatable bonds is 7. The van der Waals surface area contributed by atoms with Crippen molar-refractivity contribution >= 4 is 45.3 Å². The van der Waals surface area contributed by atoms with Crippen molar-refractivity contribution in [3.05, 3.63) is 78.9 Å². The van der Waals surface area contributed by atoms with E-state index in [1.54, 1.807) is 11.2 Å². The molecule has 0 aliphatic carbocycles. The summed E-state index contributed by atoms with van der Waals surface area (Å²) in [4.78, 5) is 34.7. The average molecular weight is 521 g/mol. The van der Waals surface area contributed by atoms with Gasteiger partial charge in [-0.1, -0.05) is 6.08 Å². The molecule has 1 aliphatic rings. The molecule has 1 N–H and O–H groups in total. The summed E-state index contributed by atoms with van der Waals surface area (Å²) in [5.74, 6) is 2.57. The number of likely N-dealkylation sites (N-methyl/N-ethyl adjacent to an activating group) is 1. The van der Waals surface area contributed by atoms with E-state index in [1.807, 2.05) is 91.3 Å². The van der Waals surface area contributed by atoms with Crippen molar-refractivity contribution in [2.24, 2.45) is 7.05 Å². The fraction of sp³-hybridized carbons (Fsp3) is 0.207. The third-order valence-corrected chi connectivity index (χ3v) is 6.62. The number of carbonyl (C=O) groups excluding carboxylic acids is 1. The number of fused-ring (bicyclic) bond motifs is 2. The number of benzene rings is 2. The Labute approximate surface area is 225 Å². The first kappa shape index (κ1) is 24.5. The van der Waals surface area contributed by atoms with Crippen LogP contribution in [0.1, 0.15) is 6.42 Å². The Morgan fingerprint density at radius 2 is 1.82 bits per heavy atom. The third kappa shape index (κ3) is 5.01. The summed E-state index contributed by atoms with van der Waals surface area (Å²) in [5.41, 5.74) is 4.85. The van der Waals surface area contributed by atoms with Crippen molar-refractivity contribution in [3.63, 3.8) is 0 Å². The maximum Gasteiger partial charge on any atom is 0.255 e. The zero-order valence-electron chi connectivity index (χ0n) is 22.0. The molecule has 2 aromatic carbocycles. The predicted molar refractivity (Wildman–Crippen MR) is 151 cm³/mol. The van der Waals surface area contributed by atoms with Gasteiger partial charge >= 0.3 is 0 Å². The lowest BCUT2D eigenvalue weighted by molar-refractivity contribution is -0.114. The molecule has 10 nitrogen and oxygen atoms in total. The van der Waals surface area contributed by atoms with Crippen LogP contribution in [0.4, 0.5) is 17.3 Å². The van der Waals surface area contributed by atoms with Gasteiger partial charge in [0.25, 0.3) is 5.91 Å². The smallest absolute Gasteiger partial charge is 0.255 e. The van der Waals surface area contributed by atoms with Crippen LogP contribution in [0.2, 0.25) is 0 Å². The maximum atomic E-state index is 13.0. The van der Waals surface area contributed by atoms with Crippen LogP contribution in [0.25, 0.3) is 22.1 Å². The highest BCUT2D eigenvalue weighted by atomic mass is 16.5. The zero-order chi connectivity index (χ0) is 26.9. The molecule has 39 heavy (non-hydrogen) atoms. The number of nitrogens with one attached hydrogen (secondary N) is 1. The zero-order valence-corrected chi connectivity index (χ0v) is 22.0. The van der Waals surface area contributed by atoms with Crippen LogP contribution in [0.5, 0.6) is 11.5 Å². The van der Waals surface area contributed by atoms with Crippen LogP contribution >= 0.6 is 0 Å². The fourth-order valence-corrected chi connectivity index (χ4v) is 4.55. The van der Waals surface area contributed by atoms with E-state index in [1.165, 1.54) is 6.33 Å². The van der Waals surface area contributed by atoms with E-state index in [2.05, 4.69) is 20.3 Å². The van der Waals surface area contributed by atoms with Gasteiger partial charge in [0.15, 0.2) is 5.82 Å². The highest BCUT2D eigenvalue weighted by Gasteiger charge is 2.28. The third-order valence-electron chi connectivity index (χ3n) is 6.62. The summed E-state index contributed by atoms with van der Waals surface area (Å²) in [6, 6.07) is 17.1. The Morgan fingerprint density at radius 1 is 1.00 bits per heavy atom. The number of aryl methyl sites for hydroxylation is 1. The summed E-state index contributed by atoms with van der Waals surface area (Å²) in [6.07, 6.45) is 5.98. The minimum Gasteiger partial charge on any atom is -0.457 e. The quantitative estimate of drug-likeness (QED) is 0.309. The molecule has 0 spiro atoms. The SMILES string of the molecule is CN(C)C/C=C1\CCN(c2ccc3ncnc(Nc4ccc(Oc5ccc6c(c5)ncn6C)cc4)c3n2)C1=O. The van der Waals surface area contributed by atoms with E-state index in [4.69, 9.17) is 9.72 Å². The molecule has 5 aromatic rings. The van der Waals surface area contributed by atoms with Crippen molar-refractivity contribution < 1.29 is 9.53 Å². The van der Waals surface area contributed by atoms with Crippen molar-refractivity contribution in [1.82, 2.24) is 29.4 Å². The molecule has 0 bridgehead atoms. The second-order valence-corrected chi connectivity index (χ2v) is 9.72. The summed E-state index contributed by atoms with van der Waals surface area (Å²) in [7, 11) is 5.93. The summed E-state index contributed by atoms with van der Waals surface area (Å²) in [5, 5.41) is 3.33. The lowest BCUT2D eigenvalue weighted by atomic mass is 10.2. The number of ether oxygens (including phenoxy) is 1. The Balaban J connectivity index is 1.20. The van der Waals surface area contributed by atoms with E-state index in [-0.39, 0.29) is 5.91 Å². The Morgan fingerprint density at radius 3 is 2.64 bits per heavy atom. The van der Waals surface area contributed by atoms with Gasteiger partial charge < -0.3 is 19.5 Å². The van der Waals surface area contributed by atoms with Crippen molar-refractivity contribution in [2.45, 2.75) is 6.42 Å². The Hall–Kier alpha value is -4.83. The number of hydrogen-bond acceptors (Lipinski definition) is 8. The second-order valence-electron chi connectivity index (χ2n) is 9.72. The highest BCUT2D eigenvalue weighted by molar-refractivity contribution is 6.08. The lowest BCUT2D eigenvalue weighted by Crippen LogP contribution is -2.25. The van der Waals surface area contributed by atoms with E-state index < -0.39 is 0 Å². The molecule has 3 aromatic heterocycles. The molecule has 1 amide bonds. The van der Waals surface area contributed by atoms with Gasteiger partial charge in [-0.2, -0.15) is 0 Å². The number of anilines is 3. The number of nitrogens with zero attached hydrogens (tertiary/aromatic N) is 7. The van der Waals surface area contributed by atoms with E-state index in [9.17, 15) is 4.79 Å². The lowest BCUT2D eigenvalue weighted by Gasteiger charge is -2.16. The minimum absolute atomic E-state index is 0.00663. The van der Waals surface area contributed by atoms with Crippen LogP contribution in [-0.4, -0.2) is 62.5 Å². The van der Waals surface area contributed by atoms with Gasteiger partial charge in [-0.15, -0.1) is 0 Å².